The number of carbonyl (C=O) groups excluding carboxylic acids is 4. The standard InChI is InChI=1S/C41H51NO13/c1-18-12-11-13-19(2)40(51)42-31-26(15-14-20(3)43)35(48)28-29(36(31)49)34(47)24(7)38-30(28)39(50)41(9,55-38)53-17-16-27(52-10)21(4)37(54-25(8)44)23(6)33(46)22(5)32(18)45/h11-18,21-23,27,32-33,37,45-49H,1-10H3,(H,42,51)/b12-11+,15-14+,17-16+,19-13?. The third kappa shape index (κ3) is 8.26. The zero-order valence-electron chi connectivity index (χ0n) is 32.7. The first-order valence-corrected chi connectivity index (χ1v) is 17.9. The lowest BCUT2D eigenvalue weighted by Crippen LogP contribution is -2.46. The maximum atomic E-state index is 14.2. The summed E-state index contributed by atoms with van der Waals surface area (Å²) >= 11 is 0. The molecule has 3 aliphatic rings. The number of hydrogen-bond acceptors (Lipinski definition) is 13. The number of aliphatic hydroxyl groups is 2. The molecule has 55 heavy (non-hydrogen) atoms. The van der Waals surface area contributed by atoms with E-state index in [0.717, 1.165) is 12.2 Å². The largest absolute Gasteiger partial charge is 0.507 e. The van der Waals surface area contributed by atoms with E-state index in [0.29, 0.717) is 0 Å². The minimum atomic E-state index is -2.07. The van der Waals surface area contributed by atoms with Gasteiger partial charge in [0.2, 0.25) is 0 Å². The predicted molar refractivity (Wildman–Crippen MR) is 204 cm³/mol. The Labute approximate surface area is 319 Å². The highest BCUT2D eigenvalue weighted by Gasteiger charge is 2.50. The lowest BCUT2D eigenvalue weighted by atomic mass is 9.78. The Bertz CT molecular complexity index is 2000. The molecule has 0 fully saturated rings. The molecule has 298 valence electrons. The number of aromatic hydroxyl groups is 3. The topological polar surface area (TPSA) is 218 Å². The first-order valence-electron chi connectivity index (χ1n) is 17.9. The number of aliphatic hydroxyl groups excluding tert-OH is 2. The Kier molecular flexibility index (Phi) is 12.9. The molecule has 1 amide bonds. The minimum absolute atomic E-state index is 0.0172. The molecule has 0 spiro atoms. The smallest absolute Gasteiger partial charge is 0.312 e. The summed E-state index contributed by atoms with van der Waals surface area (Å²) in [7, 11) is 1.42. The van der Waals surface area contributed by atoms with E-state index >= 15 is 0 Å². The SMILES string of the molecule is COC1/C=C/OC2(C)Oc3c(C)c(O)c4c(O)c(c(/C=C/C(C)=O)c(O)c4c3C2=O)NC(=O)C(C)=C/C=C/C(C)C(O)C(C)C(O)C(C)C(OC(C)=O)C1C. The first kappa shape index (κ1) is 42.6. The number of anilines is 1. The van der Waals surface area contributed by atoms with Crippen LogP contribution in [0.4, 0.5) is 5.69 Å². The summed E-state index contributed by atoms with van der Waals surface area (Å²) in [5, 5.41) is 59.4. The van der Waals surface area contributed by atoms with Crippen molar-refractivity contribution >= 4 is 46.0 Å². The van der Waals surface area contributed by atoms with Crippen LogP contribution in [0.1, 0.15) is 76.9 Å². The maximum Gasteiger partial charge on any atom is 0.312 e. The molecule has 2 aromatic rings. The number of esters is 1. The number of phenols is 3. The van der Waals surface area contributed by atoms with Gasteiger partial charge in [0.1, 0.15) is 23.4 Å². The zero-order valence-corrected chi connectivity index (χ0v) is 32.7. The summed E-state index contributed by atoms with van der Waals surface area (Å²) in [6.07, 6.45) is 5.58. The molecular weight excluding hydrogens is 714 g/mol. The molecule has 0 saturated heterocycles. The Morgan fingerprint density at radius 1 is 0.909 bits per heavy atom. The summed E-state index contributed by atoms with van der Waals surface area (Å²) in [6.45, 7) is 13.6. The summed E-state index contributed by atoms with van der Waals surface area (Å²) in [6, 6.07) is 0. The first-order chi connectivity index (χ1) is 25.7. The van der Waals surface area contributed by atoms with E-state index in [9.17, 15) is 44.7 Å². The fraction of sp³-hybridized carbons (Fsp3) is 0.463. The number of hydrogen-bond donors (Lipinski definition) is 6. The van der Waals surface area contributed by atoms with Gasteiger partial charge >= 0.3 is 11.8 Å². The van der Waals surface area contributed by atoms with Gasteiger partial charge in [-0.15, -0.1) is 0 Å². The lowest BCUT2D eigenvalue weighted by Gasteiger charge is -2.38. The van der Waals surface area contributed by atoms with Gasteiger partial charge in [0.25, 0.3) is 11.7 Å². The number of phenolic OH excluding ortho intramolecular Hbond substituents is 3. The number of ether oxygens (including phenoxy) is 4. The highest BCUT2D eigenvalue weighted by Crippen LogP contribution is 2.55. The molecule has 6 N–H and O–H groups in total. The minimum Gasteiger partial charge on any atom is -0.507 e. The summed E-state index contributed by atoms with van der Waals surface area (Å²) < 4.78 is 23.3. The maximum absolute atomic E-state index is 14.2. The van der Waals surface area contributed by atoms with Crippen LogP contribution in [0.15, 0.2) is 42.2 Å². The summed E-state index contributed by atoms with van der Waals surface area (Å²) in [4.78, 5) is 52.0. The van der Waals surface area contributed by atoms with Gasteiger partial charge in [-0.1, -0.05) is 45.9 Å². The molecule has 0 saturated carbocycles. The van der Waals surface area contributed by atoms with E-state index in [1.807, 2.05) is 0 Å². The van der Waals surface area contributed by atoms with Crippen molar-refractivity contribution < 1.29 is 63.7 Å². The number of allylic oxidation sites excluding steroid dienone is 3. The average molecular weight is 766 g/mol. The van der Waals surface area contributed by atoms with Crippen LogP contribution in [0.5, 0.6) is 23.0 Å². The second kappa shape index (κ2) is 16.7. The van der Waals surface area contributed by atoms with Gasteiger partial charge in [0.05, 0.1) is 41.2 Å². The van der Waals surface area contributed by atoms with Crippen LogP contribution in [0.25, 0.3) is 16.8 Å². The van der Waals surface area contributed by atoms with Crippen molar-refractivity contribution in [1.29, 1.82) is 0 Å². The number of benzene rings is 2. The summed E-state index contributed by atoms with van der Waals surface area (Å²) in [5.41, 5.74) is -0.686. The molecule has 9 unspecified atom stereocenters. The highest BCUT2D eigenvalue weighted by atomic mass is 16.7. The van der Waals surface area contributed by atoms with Crippen molar-refractivity contribution in [3.63, 3.8) is 0 Å². The van der Waals surface area contributed by atoms with Crippen molar-refractivity contribution in [3.8, 4) is 23.0 Å². The fourth-order valence-corrected chi connectivity index (χ4v) is 7.11. The number of carbonyl (C=O) groups is 4. The van der Waals surface area contributed by atoms with E-state index < -0.39 is 94.6 Å². The van der Waals surface area contributed by atoms with Gasteiger partial charge in [0, 0.05) is 66.7 Å². The van der Waals surface area contributed by atoms with Crippen LogP contribution < -0.4 is 10.1 Å². The van der Waals surface area contributed by atoms with Gasteiger partial charge in [0.15, 0.2) is 11.5 Å². The molecular formula is C41H51NO13. The van der Waals surface area contributed by atoms with Gasteiger partial charge in [-0.25, -0.2) is 0 Å². The van der Waals surface area contributed by atoms with Crippen molar-refractivity contribution in [2.24, 2.45) is 23.7 Å². The quantitative estimate of drug-likeness (QED) is 0.100. The Morgan fingerprint density at radius 3 is 2.16 bits per heavy atom. The molecule has 14 heteroatoms. The molecule has 9 atom stereocenters. The number of Topliss-reactive ketones (excluding diaryl/α,β-unsaturated/α-hetero) is 1. The molecule has 0 aromatic heterocycles. The van der Waals surface area contributed by atoms with Crippen molar-refractivity contribution in [2.75, 3.05) is 12.4 Å². The van der Waals surface area contributed by atoms with Crippen molar-refractivity contribution in [2.45, 2.75) is 92.5 Å². The van der Waals surface area contributed by atoms with Gasteiger partial charge < -0.3 is 49.8 Å². The second-order valence-electron chi connectivity index (χ2n) is 14.6. The average Bonchev–Trinajstić information content (AvgIpc) is 3.39. The molecule has 3 heterocycles. The number of amides is 1. The number of rotatable bonds is 4. The van der Waals surface area contributed by atoms with Crippen molar-refractivity contribution in [1.82, 2.24) is 0 Å². The predicted octanol–water partition coefficient (Wildman–Crippen LogP) is 5.36. The molecule has 5 bridgehead atoms. The van der Waals surface area contributed by atoms with E-state index in [4.69, 9.17) is 18.9 Å². The van der Waals surface area contributed by atoms with Crippen LogP contribution in [-0.2, 0) is 28.6 Å². The number of fused-ring (bicyclic) bond motifs is 14. The van der Waals surface area contributed by atoms with Crippen LogP contribution >= 0.6 is 0 Å². The molecule has 3 aliphatic heterocycles. The van der Waals surface area contributed by atoms with Gasteiger partial charge in [-0.2, -0.15) is 0 Å². The number of nitrogens with one attached hydrogen (secondary N) is 1. The molecule has 2 aromatic carbocycles. The van der Waals surface area contributed by atoms with Crippen LogP contribution in [0.2, 0.25) is 0 Å². The lowest BCUT2D eigenvalue weighted by molar-refractivity contribution is -0.160. The zero-order chi connectivity index (χ0) is 41.3. The van der Waals surface area contributed by atoms with E-state index in [2.05, 4.69) is 5.32 Å². The normalized spacial score (nSPS) is 30.4. The van der Waals surface area contributed by atoms with Crippen LogP contribution in [0, 0.1) is 30.6 Å². The Morgan fingerprint density at radius 2 is 1.56 bits per heavy atom. The molecule has 0 aliphatic carbocycles. The van der Waals surface area contributed by atoms with Gasteiger partial charge in [-0.05, 0) is 39.0 Å². The Balaban J connectivity index is 1.98. The third-order valence-corrected chi connectivity index (χ3v) is 10.5. The van der Waals surface area contributed by atoms with Gasteiger partial charge in [-0.3, -0.25) is 19.2 Å². The van der Waals surface area contributed by atoms with Crippen LogP contribution in [-0.4, -0.2) is 86.3 Å². The van der Waals surface area contributed by atoms with Crippen LogP contribution in [0.3, 0.4) is 0 Å². The molecule has 0 radical (unpaired) electrons. The van der Waals surface area contributed by atoms with E-state index in [-0.39, 0.29) is 44.5 Å². The number of ketones is 2. The molecule has 14 nitrogen and oxygen atoms in total. The number of methoxy groups -OCH3 is 1. The van der Waals surface area contributed by atoms with E-state index in [1.165, 1.54) is 60.1 Å². The monoisotopic (exact) mass is 765 g/mol. The van der Waals surface area contributed by atoms with Crippen molar-refractivity contribution in [3.05, 3.63) is 58.9 Å². The second-order valence-corrected chi connectivity index (χ2v) is 14.6. The fourth-order valence-electron chi connectivity index (χ4n) is 7.11. The third-order valence-electron chi connectivity index (χ3n) is 10.5. The Hall–Kier alpha value is -5.18. The van der Waals surface area contributed by atoms with E-state index in [1.54, 1.807) is 39.8 Å². The molecule has 5 rings (SSSR count). The summed E-state index contributed by atoms with van der Waals surface area (Å²) in [5.74, 6) is -9.23. The highest BCUT2D eigenvalue weighted by molar-refractivity contribution is 6.23.